The summed E-state index contributed by atoms with van der Waals surface area (Å²) in [5.41, 5.74) is 1.34. The molecule has 0 spiro atoms. The number of piperidine rings is 1. The van der Waals surface area contributed by atoms with Gasteiger partial charge in [0.15, 0.2) is 0 Å². The molecule has 1 aromatic heterocycles. The predicted molar refractivity (Wildman–Crippen MR) is 90.1 cm³/mol. The first-order chi connectivity index (χ1) is 11.6. The SMILES string of the molecule is CC1CCN(C(=O)c2cc(NCc3ccc(F)cc3)ncn2)CC1. The fourth-order valence-electron chi connectivity index (χ4n) is 2.74. The molecule has 5 nitrogen and oxygen atoms in total. The van der Waals surface area contributed by atoms with Crippen LogP contribution in [0.25, 0.3) is 0 Å². The highest BCUT2D eigenvalue weighted by molar-refractivity contribution is 5.92. The van der Waals surface area contributed by atoms with Gasteiger partial charge in [-0.15, -0.1) is 0 Å². The van der Waals surface area contributed by atoms with E-state index in [1.54, 1.807) is 18.2 Å². The number of hydrogen-bond acceptors (Lipinski definition) is 4. The average Bonchev–Trinajstić information content (AvgIpc) is 2.61. The molecular weight excluding hydrogens is 307 g/mol. The number of carbonyl (C=O) groups excluding carboxylic acids is 1. The van der Waals surface area contributed by atoms with E-state index in [1.807, 2.05) is 4.90 Å². The fourth-order valence-corrected chi connectivity index (χ4v) is 2.74. The van der Waals surface area contributed by atoms with Crippen LogP contribution in [0.2, 0.25) is 0 Å². The minimum Gasteiger partial charge on any atom is -0.366 e. The third-order valence-corrected chi connectivity index (χ3v) is 4.34. The van der Waals surface area contributed by atoms with Gasteiger partial charge in [-0.2, -0.15) is 0 Å². The van der Waals surface area contributed by atoms with Crippen LogP contribution in [0.15, 0.2) is 36.7 Å². The van der Waals surface area contributed by atoms with E-state index in [4.69, 9.17) is 0 Å². The lowest BCUT2D eigenvalue weighted by molar-refractivity contribution is 0.0691. The first kappa shape index (κ1) is 16.4. The second-order valence-corrected chi connectivity index (χ2v) is 6.24. The van der Waals surface area contributed by atoms with Crippen molar-refractivity contribution in [2.75, 3.05) is 18.4 Å². The lowest BCUT2D eigenvalue weighted by Gasteiger charge is -2.30. The number of amides is 1. The van der Waals surface area contributed by atoms with E-state index in [2.05, 4.69) is 22.2 Å². The molecule has 6 heteroatoms. The van der Waals surface area contributed by atoms with Crippen molar-refractivity contribution >= 4 is 11.7 Å². The zero-order valence-electron chi connectivity index (χ0n) is 13.7. The van der Waals surface area contributed by atoms with Gasteiger partial charge in [0, 0.05) is 25.7 Å². The Morgan fingerprint density at radius 2 is 1.96 bits per heavy atom. The van der Waals surface area contributed by atoms with Crippen LogP contribution in [0.3, 0.4) is 0 Å². The number of likely N-dealkylation sites (tertiary alicyclic amines) is 1. The molecule has 2 aromatic rings. The minimum atomic E-state index is -0.260. The van der Waals surface area contributed by atoms with Crippen LogP contribution in [0, 0.1) is 11.7 Å². The summed E-state index contributed by atoms with van der Waals surface area (Å²) in [6, 6.07) is 7.94. The maximum Gasteiger partial charge on any atom is 0.272 e. The molecule has 0 bridgehead atoms. The summed E-state index contributed by atoms with van der Waals surface area (Å²) in [6.07, 6.45) is 3.46. The van der Waals surface area contributed by atoms with Crippen molar-refractivity contribution in [1.82, 2.24) is 14.9 Å². The average molecular weight is 328 g/mol. The van der Waals surface area contributed by atoms with Gasteiger partial charge >= 0.3 is 0 Å². The Kier molecular flexibility index (Phi) is 5.03. The first-order valence-electron chi connectivity index (χ1n) is 8.21. The molecule has 2 heterocycles. The number of nitrogens with zero attached hydrogens (tertiary/aromatic N) is 3. The first-order valence-corrected chi connectivity index (χ1v) is 8.21. The van der Waals surface area contributed by atoms with E-state index in [1.165, 1.54) is 18.5 Å². The molecule has 0 aliphatic carbocycles. The highest BCUT2D eigenvalue weighted by Crippen LogP contribution is 2.18. The largest absolute Gasteiger partial charge is 0.366 e. The van der Waals surface area contributed by atoms with Crippen molar-refractivity contribution in [3.05, 3.63) is 53.7 Å². The smallest absolute Gasteiger partial charge is 0.272 e. The Morgan fingerprint density at radius 1 is 1.25 bits per heavy atom. The molecule has 1 aromatic carbocycles. The number of rotatable bonds is 4. The van der Waals surface area contributed by atoms with Crippen molar-refractivity contribution in [3.8, 4) is 0 Å². The van der Waals surface area contributed by atoms with E-state index >= 15 is 0 Å². The third-order valence-electron chi connectivity index (χ3n) is 4.34. The Hall–Kier alpha value is -2.50. The summed E-state index contributed by atoms with van der Waals surface area (Å²) in [5.74, 6) is 0.953. The van der Waals surface area contributed by atoms with Crippen molar-refractivity contribution in [1.29, 1.82) is 0 Å². The quantitative estimate of drug-likeness (QED) is 0.937. The summed E-state index contributed by atoms with van der Waals surface area (Å²) in [5, 5.41) is 3.14. The van der Waals surface area contributed by atoms with Gasteiger partial charge in [-0.3, -0.25) is 4.79 Å². The van der Waals surface area contributed by atoms with E-state index in [9.17, 15) is 9.18 Å². The number of hydrogen-bond donors (Lipinski definition) is 1. The normalized spacial score (nSPS) is 15.3. The Morgan fingerprint density at radius 3 is 2.67 bits per heavy atom. The molecule has 1 fully saturated rings. The maximum atomic E-state index is 12.9. The van der Waals surface area contributed by atoms with Crippen LogP contribution < -0.4 is 5.32 Å². The van der Waals surface area contributed by atoms with E-state index in [0.29, 0.717) is 24.0 Å². The van der Waals surface area contributed by atoms with Gasteiger partial charge in [0.2, 0.25) is 0 Å². The fraction of sp³-hybridized carbons (Fsp3) is 0.389. The van der Waals surface area contributed by atoms with Gasteiger partial charge in [0.25, 0.3) is 5.91 Å². The van der Waals surface area contributed by atoms with Gasteiger partial charge in [-0.1, -0.05) is 19.1 Å². The van der Waals surface area contributed by atoms with Gasteiger partial charge in [0.05, 0.1) is 0 Å². The number of anilines is 1. The molecule has 0 saturated carbocycles. The lowest BCUT2D eigenvalue weighted by atomic mass is 9.99. The van der Waals surface area contributed by atoms with Gasteiger partial charge in [0.1, 0.15) is 23.7 Å². The van der Waals surface area contributed by atoms with Crippen LogP contribution in [-0.4, -0.2) is 33.9 Å². The minimum absolute atomic E-state index is 0.0471. The van der Waals surface area contributed by atoms with Crippen LogP contribution >= 0.6 is 0 Å². The highest BCUT2D eigenvalue weighted by Gasteiger charge is 2.22. The monoisotopic (exact) mass is 328 g/mol. The Bertz CT molecular complexity index is 696. The van der Waals surface area contributed by atoms with Crippen LogP contribution in [0.5, 0.6) is 0 Å². The molecule has 1 amide bonds. The van der Waals surface area contributed by atoms with Crippen molar-refractivity contribution in [2.45, 2.75) is 26.3 Å². The molecule has 24 heavy (non-hydrogen) atoms. The molecule has 0 radical (unpaired) electrons. The summed E-state index contributed by atoms with van der Waals surface area (Å²) < 4.78 is 12.9. The third kappa shape index (κ3) is 4.07. The summed E-state index contributed by atoms with van der Waals surface area (Å²) in [6.45, 7) is 4.28. The molecule has 0 atom stereocenters. The van der Waals surface area contributed by atoms with Crippen molar-refractivity contribution in [3.63, 3.8) is 0 Å². The number of nitrogens with one attached hydrogen (secondary N) is 1. The Balaban J connectivity index is 1.63. The zero-order valence-corrected chi connectivity index (χ0v) is 13.7. The summed E-state index contributed by atoms with van der Waals surface area (Å²) in [4.78, 5) is 22.6. The predicted octanol–water partition coefficient (Wildman–Crippen LogP) is 3.10. The van der Waals surface area contributed by atoms with E-state index in [0.717, 1.165) is 31.5 Å². The molecule has 126 valence electrons. The molecule has 3 rings (SSSR count). The summed E-state index contributed by atoms with van der Waals surface area (Å²) >= 11 is 0. The zero-order chi connectivity index (χ0) is 16.9. The topological polar surface area (TPSA) is 58.1 Å². The van der Waals surface area contributed by atoms with Gasteiger partial charge in [-0.25, -0.2) is 14.4 Å². The molecule has 1 saturated heterocycles. The van der Waals surface area contributed by atoms with Crippen molar-refractivity contribution < 1.29 is 9.18 Å². The Labute approximate surface area is 140 Å². The van der Waals surface area contributed by atoms with Crippen LogP contribution in [0.4, 0.5) is 10.2 Å². The molecular formula is C18H21FN4O. The van der Waals surface area contributed by atoms with Crippen LogP contribution in [0.1, 0.15) is 35.8 Å². The van der Waals surface area contributed by atoms with Gasteiger partial charge in [-0.05, 0) is 36.5 Å². The number of aromatic nitrogens is 2. The summed E-state index contributed by atoms with van der Waals surface area (Å²) in [7, 11) is 0. The standard InChI is InChI=1S/C18H21FN4O/c1-13-6-8-23(9-7-13)18(24)16-10-17(22-12-21-16)20-11-14-2-4-15(19)5-3-14/h2-5,10,12-13H,6-9,11H2,1H3,(H,20,21,22). The molecule has 1 aliphatic rings. The molecule has 1 N–H and O–H groups in total. The number of halogens is 1. The second-order valence-electron chi connectivity index (χ2n) is 6.24. The number of carbonyl (C=O) groups is 1. The van der Waals surface area contributed by atoms with E-state index in [-0.39, 0.29) is 11.7 Å². The van der Waals surface area contributed by atoms with Gasteiger partial charge < -0.3 is 10.2 Å². The molecule has 1 aliphatic heterocycles. The number of benzene rings is 1. The van der Waals surface area contributed by atoms with E-state index < -0.39 is 0 Å². The second kappa shape index (κ2) is 7.38. The molecule has 0 unspecified atom stereocenters. The van der Waals surface area contributed by atoms with Crippen molar-refractivity contribution in [2.24, 2.45) is 5.92 Å². The lowest BCUT2D eigenvalue weighted by Crippen LogP contribution is -2.38. The maximum absolute atomic E-state index is 12.9. The highest BCUT2D eigenvalue weighted by atomic mass is 19.1. The van der Waals surface area contributed by atoms with Crippen LogP contribution in [-0.2, 0) is 6.54 Å².